The number of carbonyl (C=O) groups excluding carboxylic acids is 1. The van der Waals surface area contributed by atoms with Crippen LogP contribution in [0.5, 0.6) is 0 Å². The van der Waals surface area contributed by atoms with Gasteiger partial charge < -0.3 is 0 Å². The third-order valence-electron chi connectivity index (χ3n) is 2.14. The molecule has 0 aromatic carbocycles. The quantitative estimate of drug-likeness (QED) is 0.726. The van der Waals surface area contributed by atoms with Crippen LogP contribution < -0.4 is 0 Å². The van der Waals surface area contributed by atoms with Crippen molar-refractivity contribution >= 4 is 5.78 Å². The molecule has 0 radical (unpaired) electrons. The van der Waals surface area contributed by atoms with Gasteiger partial charge in [-0.25, -0.2) is 0 Å². The fraction of sp³-hybridized carbons (Fsp3) is 0.364. The number of nitriles is 1. The lowest BCUT2D eigenvalue weighted by molar-refractivity contribution is -0.118. The number of nitrogens with zero attached hydrogens (tertiary/aromatic N) is 2. The van der Waals surface area contributed by atoms with Crippen molar-refractivity contribution in [3.63, 3.8) is 0 Å². The number of aromatic nitrogens is 1. The molecule has 1 atom stereocenters. The first-order valence-corrected chi connectivity index (χ1v) is 4.53. The Hall–Kier alpha value is -1.69. The normalized spacial score (nSPS) is 11.7. The molecule has 0 unspecified atom stereocenters. The van der Waals surface area contributed by atoms with Crippen LogP contribution in [0.25, 0.3) is 0 Å². The zero-order valence-electron chi connectivity index (χ0n) is 8.10. The summed E-state index contributed by atoms with van der Waals surface area (Å²) in [5.74, 6) is -0.0518. The van der Waals surface area contributed by atoms with E-state index in [0.29, 0.717) is 12.8 Å². The van der Waals surface area contributed by atoms with Crippen molar-refractivity contribution < 1.29 is 4.79 Å². The summed E-state index contributed by atoms with van der Waals surface area (Å²) in [6, 6.07) is 5.70. The molecule has 0 N–H and O–H groups in total. The predicted octanol–water partition coefficient (Wildman–Crippen LogP) is 2.06. The van der Waals surface area contributed by atoms with E-state index in [1.54, 1.807) is 19.3 Å². The van der Waals surface area contributed by atoms with E-state index in [0.717, 1.165) is 5.56 Å². The monoisotopic (exact) mass is 188 g/mol. The molecule has 72 valence electrons. The van der Waals surface area contributed by atoms with Gasteiger partial charge >= 0.3 is 0 Å². The number of hydrogen-bond donors (Lipinski definition) is 0. The minimum Gasteiger partial charge on any atom is -0.299 e. The molecule has 1 rings (SSSR count). The molecule has 1 aromatic rings. The third kappa shape index (κ3) is 2.67. The molecule has 0 saturated heterocycles. The molecule has 0 aliphatic carbocycles. The van der Waals surface area contributed by atoms with Gasteiger partial charge in [0.25, 0.3) is 0 Å². The van der Waals surface area contributed by atoms with Gasteiger partial charge in [0.15, 0.2) is 0 Å². The van der Waals surface area contributed by atoms with Crippen molar-refractivity contribution in [3.05, 3.63) is 30.1 Å². The molecule has 3 nitrogen and oxygen atoms in total. The van der Waals surface area contributed by atoms with Gasteiger partial charge in [0.1, 0.15) is 5.78 Å². The Morgan fingerprint density at radius 1 is 1.57 bits per heavy atom. The molecule has 0 aliphatic rings. The van der Waals surface area contributed by atoms with Gasteiger partial charge in [0.2, 0.25) is 0 Å². The van der Waals surface area contributed by atoms with Gasteiger partial charge in [0, 0.05) is 24.7 Å². The van der Waals surface area contributed by atoms with Gasteiger partial charge in [-0.1, -0.05) is 0 Å². The van der Waals surface area contributed by atoms with Crippen molar-refractivity contribution in [2.24, 2.45) is 0 Å². The van der Waals surface area contributed by atoms with Crippen molar-refractivity contribution in [1.29, 1.82) is 5.26 Å². The summed E-state index contributed by atoms with van der Waals surface area (Å²) < 4.78 is 0. The zero-order valence-corrected chi connectivity index (χ0v) is 8.10. The number of carbonyl (C=O) groups is 1. The van der Waals surface area contributed by atoms with Crippen molar-refractivity contribution in [2.45, 2.75) is 25.7 Å². The van der Waals surface area contributed by atoms with Crippen molar-refractivity contribution in [2.75, 3.05) is 0 Å². The summed E-state index contributed by atoms with van der Waals surface area (Å²) in [6.45, 7) is 1.56. The van der Waals surface area contributed by atoms with Gasteiger partial charge in [0.05, 0.1) is 6.07 Å². The van der Waals surface area contributed by atoms with E-state index in [-0.39, 0.29) is 11.7 Å². The van der Waals surface area contributed by atoms with Crippen molar-refractivity contribution in [1.82, 2.24) is 4.98 Å². The highest BCUT2D eigenvalue weighted by Crippen LogP contribution is 2.21. The maximum absolute atomic E-state index is 11.3. The van der Waals surface area contributed by atoms with Gasteiger partial charge in [-0.15, -0.1) is 0 Å². The summed E-state index contributed by atoms with van der Waals surface area (Å²) in [6.07, 6.45) is 4.33. The van der Waals surface area contributed by atoms with Crippen LogP contribution in [0, 0.1) is 11.3 Å². The Morgan fingerprint density at radius 2 is 2.21 bits per heavy atom. The van der Waals surface area contributed by atoms with Crippen LogP contribution in [-0.4, -0.2) is 10.8 Å². The van der Waals surface area contributed by atoms with Crippen LogP contribution in [0.3, 0.4) is 0 Å². The maximum Gasteiger partial charge on any atom is 0.137 e. The number of hydrogen-bond acceptors (Lipinski definition) is 3. The van der Waals surface area contributed by atoms with Crippen LogP contribution in [0.2, 0.25) is 0 Å². The Kier molecular flexibility index (Phi) is 3.81. The molecular formula is C11H12N2O. The van der Waals surface area contributed by atoms with Crippen LogP contribution in [0.15, 0.2) is 24.5 Å². The third-order valence-corrected chi connectivity index (χ3v) is 2.14. The standard InChI is InChI=1S/C11H12N2O/c1-9(14)11(3-2-6-12)10-4-7-13-8-5-10/h4-5,7-8,11H,2-3H2,1H3/t11-/m1/s1. The molecule has 0 spiro atoms. The summed E-state index contributed by atoms with van der Waals surface area (Å²) >= 11 is 0. The molecule has 3 heteroatoms. The summed E-state index contributed by atoms with van der Waals surface area (Å²) in [7, 11) is 0. The second kappa shape index (κ2) is 5.13. The zero-order chi connectivity index (χ0) is 10.4. The molecule has 1 aromatic heterocycles. The molecule has 0 aliphatic heterocycles. The second-order valence-corrected chi connectivity index (χ2v) is 3.14. The van der Waals surface area contributed by atoms with Gasteiger partial charge in [-0.2, -0.15) is 5.26 Å². The van der Waals surface area contributed by atoms with Crippen LogP contribution in [0.4, 0.5) is 0 Å². The molecule has 1 heterocycles. The van der Waals surface area contributed by atoms with E-state index in [9.17, 15) is 4.79 Å². The van der Waals surface area contributed by atoms with E-state index in [4.69, 9.17) is 5.26 Å². The lowest BCUT2D eigenvalue weighted by atomic mass is 9.92. The highest BCUT2D eigenvalue weighted by atomic mass is 16.1. The van der Waals surface area contributed by atoms with E-state index in [2.05, 4.69) is 11.1 Å². The van der Waals surface area contributed by atoms with Crippen LogP contribution in [-0.2, 0) is 4.79 Å². The summed E-state index contributed by atoms with van der Waals surface area (Å²) in [5.41, 5.74) is 0.947. The van der Waals surface area contributed by atoms with Gasteiger partial charge in [-0.3, -0.25) is 9.78 Å². The first kappa shape index (κ1) is 10.4. The number of ketones is 1. The molecule has 0 amide bonds. The number of Topliss-reactive ketones (excluding diaryl/α,β-unsaturated/α-hetero) is 1. The minimum atomic E-state index is -0.155. The van der Waals surface area contributed by atoms with E-state index >= 15 is 0 Å². The van der Waals surface area contributed by atoms with Crippen LogP contribution >= 0.6 is 0 Å². The highest BCUT2D eigenvalue weighted by molar-refractivity contribution is 5.83. The Bertz CT molecular complexity index is 340. The van der Waals surface area contributed by atoms with Gasteiger partial charge in [-0.05, 0) is 31.0 Å². The average molecular weight is 188 g/mol. The van der Waals surface area contributed by atoms with E-state index in [1.807, 2.05) is 12.1 Å². The molecular weight excluding hydrogens is 176 g/mol. The van der Waals surface area contributed by atoms with E-state index in [1.165, 1.54) is 0 Å². The number of rotatable bonds is 4. The average Bonchev–Trinajstić information content (AvgIpc) is 2.19. The lowest BCUT2D eigenvalue weighted by Crippen LogP contribution is -2.08. The Morgan fingerprint density at radius 3 is 2.71 bits per heavy atom. The molecule has 14 heavy (non-hydrogen) atoms. The predicted molar refractivity (Wildman–Crippen MR) is 52.5 cm³/mol. The largest absolute Gasteiger partial charge is 0.299 e. The topological polar surface area (TPSA) is 53.8 Å². The lowest BCUT2D eigenvalue weighted by Gasteiger charge is -2.11. The molecule has 0 saturated carbocycles. The first-order valence-electron chi connectivity index (χ1n) is 4.53. The van der Waals surface area contributed by atoms with E-state index < -0.39 is 0 Å². The summed E-state index contributed by atoms with van der Waals surface area (Å²) in [5, 5.41) is 8.47. The maximum atomic E-state index is 11.3. The molecule has 0 fully saturated rings. The minimum absolute atomic E-state index is 0.103. The molecule has 0 bridgehead atoms. The van der Waals surface area contributed by atoms with Crippen LogP contribution in [0.1, 0.15) is 31.2 Å². The summed E-state index contributed by atoms with van der Waals surface area (Å²) in [4.78, 5) is 15.2. The second-order valence-electron chi connectivity index (χ2n) is 3.14. The highest BCUT2D eigenvalue weighted by Gasteiger charge is 2.15. The smallest absolute Gasteiger partial charge is 0.137 e. The fourth-order valence-corrected chi connectivity index (χ4v) is 1.41. The first-order chi connectivity index (χ1) is 6.75. The van der Waals surface area contributed by atoms with Crippen molar-refractivity contribution in [3.8, 4) is 6.07 Å². The Balaban J connectivity index is 2.79. The SMILES string of the molecule is CC(=O)[C@@H](CCC#N)c1ccncc1. The fourth-order valence-electron chi connectivity index (χ4n) is 1.41. The Labute approximate surface area is 83.4 Å². The number of pyridine rings is 1.